The maximum absolute atomic E-state index is 11.9. The molecule has 0 amide bonds. The first-order valence-electron chi connectivity index (χ1n) is 10.1. The minimum atomic E-state index is -1.49. The lowest BCUT2D eigenvalue weighted by atomic mass is 9.68. The molecule has 0 aromatic carbocycles. The second-order valence-electron chi connectivity index (χ2n) is 9.00. The third kappa shape index (κ3) is 3.95. The molecular formula is C21H32O8. The van der Waals surface area contributed by atoms with E-state index in [0.29, 0.717) is 12.0 Å². The fourth-order valence-electron chi connectivity index (χ4n) is 5.00. The van der Waals surface area contributed by atoms with Crippen molar-refractivity contribution in [3.05, 3.63) is 23.3 Å². The van der Waals surface area contributed by atoms with E-state index in [1.165, 1.54) is 6.08 Å². The van der Waals surface area contributed by atoms with Gasteiger partial charge in [-0.1, -0.05) is 5.57 Å². The number of rotatable bonds is 5. The SMILES string of the molecule is CC1=CC(=O)C=C(CO)[C@@]12CC[C@@H](C(C)(C)O[C@@H]1O[C@H](CO)[C@@H](O)[C@H](O)[C@H]1O)C2. The summed E-state index contributed by atoms with van der Waals surface area (Å²) in [6.07, 6.45) is -1.26. The minimum absolute atomic E-state index is 0.0290. The van der Waals surface area contributed by atoms with Gasteiger partial charge in [-0.2, -0.15) is 0 Å². The standard InChI is InChI=1S/C21H32O8/c1-11-6-14(24)7-13(9-22)21(11)5-4-12(8-21)20(2,3)29-19-18(27)17(26)16(25)15(10-23)28-19/h6-7,12,15-19,22-23,25-27H,4-5,8-10H2,1-3H3/t12-,15-,16-,17+,18-,19+,21-/m1/s1. The van der Waals surface area contributed by atoms with Crippen molar-refractivity contribution in [2.45, 2.75) is 76.3 Å². The summed E-state index contributed by atoms with van der Waals surface area (Å²) < 4.78 is 11.6. The first-order valence-corrected chi connectivity index (χ1v) is 10.1. The summed E-state index contributed by atoms with van der Waals surface area (Å²) in [7, 11) is 0. The molecule has 1 aliphatic heterocycles. The average Bonchev–Trinajstić information content (AvgIpc) is 3.12. The van der Waals surface area contributed by atoms with E-state index in [-0.39, 0.29) is 23.7 Å². The summed E-state index contributed by atoms with van der Waals surface area (Å²) >= 11 is 0. The predicted molar refractivity (Wildman–Crippen MR) is 103 cm³/mol. The maximum atomic E-state index is 11.9. The van der Waals surface area contributed by atoms with Crippen molar-refractivity contribution in [1.29, 1.82) is 0 Å². The molecule has 3 rings (SSSR count). The Labute approximate surface area is 170 Å². The van der Waals surface area contributed by atoms with Crippen molar-refractivity contribution >= 4 is 5.78 Å². The number of aliphatic hydroxyl groups is 5. The van der Waals surface area contributed by atoms with Crippen LogP contribution in [0.15, 0.2) is 23.3 Å². The van der Waals surface area contributed by atoms with Crippen molar-refractivity contribution in [2.75, 3.05) is 13.2 Å². The van der Waals surface area contributed by atoms with Crippen molar-refractivity contribution in [3.63, 3.8) is 0 Å². The molecule has 2 aliphatic carbocycles. The molecule has 3 aliphatic rings. The quantitative estimate of drug-likeness (QED) is 0.419. The fourth-order valence-corrected chi connectivity index (χ4v) is 5.00. The van der Waals surface area contributed by atoms with Crippen molar-refractivity contribution in [3.8, 4) is 0 Å². The van der Waals surface area contributed by atoms with Crippen LogP contribution in [-0.4, -0.2) is 80.8 Å². The number of carbonyl (C=O) groups is 1. The summed E-state index contributed by atoms with van der Waals surface area (Å²) in [5, 5.41) is 49.5. The van der Waals surface area contributed by atoms with Gasteiger partial charge < -0.3 is 35.0 Å². The van der Waals surface area contributed by atoms with Crippen molar-refractivity contribution < 1.29 is 39.8 Å². The van der Waals surface area contributed by atoms with Gasteiger partial charge >= 0.3 is 0 Å². The second kappa shape index (κ2) is 8.19. The summed E-state index contributed by atoms with van der Waals surface area (Å²) in [5.74, 6) is -0.0844. The van der Waals surface area contributed by atoms with E-state index in [4.69, 9.17) is 9.47 Å². The number of hydrogen-bond donors (Lipinski definition) is 5. The van der Waals surface area contributed by atoms with Crippen molar-refractivity contribution in [2.24, 2.45) is 11.3 Å². The van der Waals surface area contributed by atoms with Gasteiger partial charge in [0, 0.05) is 5.41 Å². The van der Waals surface area contributed by atoms with Gasteiger partial charge in [-0.05, 0) is 63.7 Å². The highest BCUT2D eigenvalue weighted by molar-refractivity contribution is 6.02. The summed E-state index contributed by atoms with van der Waals surface area (Å²) in [4.78, 5) is 11.9. The number of aliphatic hydroxyl groups excluding tert-OH is 5. The van der Waals surface area contributed by atoms with Crippen LogP contribution in [0.4, 0.5) is 0 Å². The van der Waals surface area contributed by atoms with Crippen LogP contribution in [0.5, 0.6) is 0 Å². The van der Waals surface area contributed by atoms with Crippen LogP contribution < -0.4 is 0 Å². The maximum Gasteiger partial charge on any atom is 0.187 e. The highest BCUT2D eigenvalue weighted by Crippen LogP contribution is 2.56. The first-order chi connectivity index (χ1) is 13.6. The molecule has 5 N–H and O–H groups in total. The Bertz CT molecular complexity index is 697. The zero-order valence-electron chi connectivity index (χ0n) is 17.1. The van der Waals surface area contributed by atoms with Gasteiger partial charge in [-0.25, -0.2) is 0 Å². The molecule has 1 heterocycles. The monoisotopic (exact) mass is 412 g/mol. The molecule has 7 atom stereocenters. The highest BCUT2D eigenvalue weighted by Gasteiger charge is 2.52. The first kappa shape index (κ1) is 22.6. The van der Waals surface area contributed by atoms with Gasteiger partial charge in [0.1, 0.15) is 24.4 Å². The van der Waals surface area contributed by atoms with E-state index in [2.05, 4.69) is 0 Å². The lowest BCUT2D eigenvalue weighted by molar-refractivity contribution is -0.328. The second-order valence-corrected chi connectivity index (χ2v) is 9.00. The molecule has 8 nitrogen and oxygen atoms in total. The average molecular weight is 412 g/mol. The van der Waals surface area contributed by atoms with E-state index >= 15 is 0 Å². The highest BCUT2D eigenvalue weighted by atomic mass is 16.7. The van der Waals surface area contributed by atoms with Crippen LogP contribution in [0, 0.1) is 11.3 Å². The van der Waals surface area contributed by atoms with Gasteiger partial charge in [-0.15, -0.1) is 0 Å². The number of allylic oxidation sites excluding steroid dienone is 3. The Kier molecular flexibility index (Phi) is 6.37. The van der Waals surface area contributed by atoms with E-state index in [0.717, 1.165) is 18.4 Å². The van der Waals surface area contributed by atoms with Gasteiger partial charge in [0.05, 0.1) is 18.8 Å². The van der Waals surface area contributed by atoms with Crippen LogP contribution in [0.1, 0.15) is 40.0 Å². The van der Waals surface area contributed by atoms with Gasteiger partial charge in [-0.3, -0.25) is 4.79 Å². The van der Waals surface area contributed by atoms with E-state index < -0.39 is 42.9 Å². The van der Waals surface area contributed by atoms with Crippen molar-refractivity contribution in [1.82, 2.24) is 0 Å². The molecule has 164 valence electrons. The zero-order chi connectivity index (χ0) is 21.6. The van der Waals surface area contributed by atoms with Gasteiger partial charge in [0.25, 0.3) is 0 Å². The Morgan fingerprint density at radius 1 is 1.17 bits per heavy atom. The Hall–Kier alpha value is -1.13. The van der Waals surface area contributed by atoms with Crippen LogP contribution in [0.2, 0.25) is 0 Å². The molecule has 1 saturated carbocycles. The molecule has 0 aromatic rings. The zero-order valence-corrected chi connectivity index (χ0v) is 17.1. The molecule has 8 heteroatoms. The Balaban J connectivity index is 1.76. The third-order valence-electron chi connectivity index (χ3n) is 6.98. The summed E-state index contributed by atoms with van der Waals surface area (Å²) in [6, 6.07) is 0. The number of ether oxygens (including phenoxy) is 2. The topological polar surface area (TPSA) is 137 Å². The van der Waals surface area contributed by atoms with E-state index in [1.807, 2.05) is 20.8 Å². The molecule has 29 heavy (non-hydrogen) atoms. The van der Waals surface area contributed by atoms with E-state index in [9.17, 15) is 30.3 Å². The predicted octanol–water partition coefficient (Wildman–Crippen LogP) is -0.184. The number of carbonyl (C=O) groups excluding carboxylic acids is 1. The molecule has 1 spiro atoms. The lowest BCUT2D eigenvalue weighted by Gasteiger charge is -2.44. The summed E-state index contributed by atoms with van der Waals surface area (Å²) in [6.45, 7) is 4.95. The molecule has 1 saturated heterocycles. The van der Waals surface area contributed by atoms with Gasteiger partial charge in [0.15, 0.2) is 12.1 Å². The third-order valence-corrected chi connectivity index (χ3v) is 6.98. The molecule has 0 radical (unpaired) electrons. The van der Waals surface area contributed by atoms with Crippen LogP contribution in [0.3, 0.4) is 0 Å². The molecule has 0 unspecified atom stereocenters. The number of hydrogen-bond acceptors (Lipinski definition) is 8. The smallest absolute Gasteiger partial charge is 0.187 e. The fraction of sp³-hybridized carbons (Fsp3) is 0.762. The minimum Gasteiger partial charge on any atom is -0.394 e. The van der Waals surface area contributed by atoms with Crippen LogP contribution in [0.25, 0.3) is 0 Å². The van der Waals surface area contributed by atoms with Gasteiger partial charge in [0.2, 0.25) is 0 Å². The molecule has 2 fully saturated rings. The van der Waals surface area contributed by atoms with Crippen LogP contribution in [-0.2, 0) is 14.3 Å². The van der Waals surface area contributed by atoms with E-state index in [1.54, 1.807) is 6.08 Å². The normalized spacial score (nSPS) is 40.9. The molecule has 0 bridgehead atoms. The lowest BCUT2D eigenvalue weighted by Crippen LogP contribution is -2.60. The Morgan fingerprint density at radius 3 is 2.48 bits per heavy atom. The largest absolute Gasteiger partial charge is 0.394 e. The molecular weight excluding hydrogens is 380 g/mol. The Morgan fingerprint density at radius 2 is 1.86 bits per heavy atom. The van der Waals surface area contributed by atoms with Crippen LogP contribution >= 0.6 is 0 Å². The number of ketones is 1. The summed E-state index contributed by atoms with van der Waals surface area (Å²) in [5.41, 5.74) is 0.497. The molecule has 0 aromatic heterocycles.